The van der Waals surface area contributed by atoms with Gasteiger partial charge in [-0.2, -0.15) is 5.10 Å². The van der Waals surface area contributed by atoms with Crippen LogP contribution >= 0.6 is 0 Å². The quantitative estimate of drug-likeness (QED) is 0.330. The summed E-state index contributed by atoms with van der Waals surface area (Å²) in [6.07, 6.45) is 3.80. The highest BCUT2D eigenvalue weighted by Gasteiger charge is 2.25. The number of hydrogen-bond donors (Lipinski definition) is 2. The first-order valence-corrected chi connectivity index (χ1v) is 5.30. The van der Waals surface area contributed by atoms with Gasteiger partial charge in [0.15, 0.2) is 11.7 Å². The Morgan fingerprint density at radius 3 is 3.12 bits per heavy atom. The second kappa shape index (κ2) is 4.34. The highest BCUT2D eigenvalue weighted by Crippen LogP contribution is 2.25. The molecule has 3 N–H and O–H groups in total. The molecular formula is C10H15N5O. The molecule has 1 saturated heterocycles. The van der Waals surface area contributed by atoms with E-state index < -0.39 is 0 Å². The van der Waals surface area contributed by atoms with Crippen LogP contribution in [0.3, 0.4) is 0 Å². The van der Waals surface area contributed by atoms with Gasteiger partial charge < -0.3 is 15.8 Å². The van der Waals surface area contributed by atoms with Gasteiger partial charge >= 0.3 is 0 Å². The van der Waals surface area contributed by atoms with Crippen LogP contribution in [0.25, 0.3) is 0 Å². The van der Waals surface area contributed by atoms with Gasteiger partial charge in [-0.05, 0) is 25.8 Å². The summed E-state index contributed by atoms with van der Waals surface area (Å²) >= 11 is 0. The lowest BCUT2D eigenvalue weighted by atomic mass is 10.2. The lowest BCUT2D eigenvalue weighted by Gasteiger charge is -2.23. The Bertz CT molecular complexity index is 406. The van der Waals surface area contributed by atoms with E-state index in [0.29, 0.717) is 17.4 Å². The third kappa shape index (κ3) is 1.78. The second-order valence-corrected chi connectivity index (χ2v) is 3.94. The number of amidine groups is 1. The molecule has 0 spiro atoms. The summed E-state index contributed by atoms with van der Waals surface area (Å²) in [7, 11) is 0. The average molecular weight is 221 g/mol. The van der Waals surface area contributed by atoms with E-state index in [1.165, 1.54) is 6.20 Å². The van der Waals surface area contributed by atoms with Crippen molar-refractivity contribution in [3.8, 4) is 0 Å². The highest BCUT2D eigenvalue weighted by atomic mass is 16.4. The molecule has 0 saturated carbocycles. The van der Waals surface area contributed by atoms with E-state index in [-0.39, 0.29) is 5.84 Å². The lowest BCUT2D eigenvalue weighted by Crippen LogP contribution is -2.30. The predicted molar refractivity (Wildman–Crippen MR) is 60.6 cm³/mol. The maximum Gasteiger partial charge on any atom is 0.173 e. The van der Waals surface area contributed by atoms with E-state index in [1.54, 1.807) is 6.07 Å². The van der Waals surface area contributed by atoms with Gasteiger partial charge in [-0.15, -0.1) is 5.10 Å². The Morgan fingerprint density at radius 2 is 2.50 bits per heavy atom. The fourth-order valence-electron chi connectivity index (χ4n) is 2.04. The molecule has 1 unspecified atom stereocenters. The average Bonchev–Trinajstić information content (AvgIpc) is 2.74. The third-order valence-electron chi connectivity index (χ3n) is 2.91. The zero-order valence-electron chi connectivity index (χ0n) is 9.17. The van der Waals surface area contributed by atoms with Crippen molar-refractivity contribution in [3.05, 3.63) is 17.8 Å². The summed E-state index contributed by atoms with van der Waals surface area (Å²) in [6.45, 7) is 3.07. The normalized spacial score (nSPS) is 21.4. The van der Waals surface area contributed by atoms with Crippen LogP contribution in [-0.4, -0.2) is 33.8 Å². The molecule has 1 aromatic rings. The molecule has 2 heterocycles. The first-order valence-electron chi connectivity index (χ1n) is 5.30. The number of aromatic nitrogens is 2. The van der Waals surface area contributed by atoms with Gasteiger partial charge in [0.25, 0.3) is 0 Å². The molecule has 6 heteroatoms. The lowest BCUT2D eigenvalue weighted by molar-refractivity contribution is 0.318. The minimum absolute atomic E-state index is 0.0731. The van der Waals surface area contributed by atoms with Crippen LogP contribution in [-0.2, 0) is 0 Å². The van der Waals surface area contributed by atoms with Crippen molar-refractivity contribution in [2.45, 2.75) is 25.8 Å². The first kappa shape index (κ1) is 10.7. The van der Waals surface area contributed by atoms with Crippen LogP contribution < -0.4 is 10.6 Å². The van der Waals surface area contributed by atoms with Gasteiger partial charge in [0.1, 0.15) is 0 Å². The SMILES string of the molecule is CC1CCCN1c1nnccc1/C(N)=N/O. The minimum atomic E-state index is 0.0731. The summed E-state index contributed by atoms with van der Waals surface area (Å²) in [6, 6.07) is 2.13. The molecule has 0 radical (unpaired) electrons. The summed E-state index contributed by atoms with van der Waals surface area (Å²) in [5, 5.41) is 19.7. The third-order valence-corrected chi connectivity index (χ3v) is 2.91. The van der Waals surface area contributed by atoms with E-state index in [9.17, 15) is 0 Å². The molecule has 1 aliphatic heterocycles. The molecule has 1 aromatic heterocycles. The van der Waals surface area contributed by atoms with E-state index in [1.807, 2.05) is 0 Å². The Kier molecular flexibility index (Phi) is 2.89. The summed E-state index contributed by atoms with van der Waals surface area (Å²) in [5.74, 6) is 0.770. The van der Waals surface area contributed by atoms with Crippen molar-refractivity contribution in [2.75, 3.05) is 11.4 Å². The maximum absolute atomic E-state index is 8.72. The number of oxime groups is 1. The summed E-state index contributed by atoms with van der Waals surface area (Å²) in [5.41, 5.74) is 6.24. The van der Waals surface area contributed by atoms with Gasteiger partial charge in [0, 0.05) is 12.6 Å². The van der Waals surface area contributed by atoms with Crippen molar-refractivity contribution >= 4 is 11.7 Å². The summed E-state index contributed by atoms with van der Waals surface area (Å²) in [4.78, 5) is 2.14. The zero-order chi connectivity index (χ0) is 11.5. The Balaban J connectivity index is 2.40. The second-order valence-electron chi connectivity index (χ2n) is 3.94. The predicted octanol–water partition coefficient (Wildman–Crippen LogP) is 0.560. The van der Waals surface area contributed by atoms with E-state index in [4.69, 9.17) is 10.9 Å². The Hall–Kier alpha value is -1.85. The largest absolute Gasteiger partial charge is 0.409 e. The number of rotatable bonds is 2. The molecule has 0 amide bonds. The highest BCUT2D eigenvalue weighted by molar-refractivity contribution is 6.01. The smallest absolute Gasteiger partial charge is 0.173 e. The molecule has 6 nitrogen and oxygen atoms in total. The zero-order valence-corrected chi connectivity index (χ0v) is 9.17. The molecule has 0 bridgehead atoms. The Morgan fingerprint density at radius 1 is 1.69 bits per heavy atom. The minimum Gasteiger partial charge on any atom is -0.409 e. The van der Waals surface area contributed by atoms with Crippen LogP contribution in [0, 0.1) is 0 Å². The first-order chi connectivity index (χ1) is 7.74. The molecular weight excluding hydrogens is 206 g/mol. The van der Waals surface area contributed by atoms with Crippen LogP contribution in [0.15, 0.2) is 17.4 Å². The van der Waals surface area contributed by atoms with Crippen molar-refractivity contribution < 1.29 is 5.21 Å². The molecule has 1 fully saturated rings. The van der Waals surface area contributed by atoms with Crippen LogP contribution in [0.1, 0.15) is 25.3 Å². The van der Waals surface area contributed by atoms with Gasteiger partial charge in [-0.1, -0.05) is 5.16 Å². The molecule has 86 valence electrons. The topological polar surface area (TPSA) is 87.6 Å². The van der Waals surface area contributed by atoms with Gasteiger partial charge in [-0.3, -0.25) is 0 Å². The van der Waals surface area contributed by atoms with Crippen LogP contribution in [0.4, 0.5) is 5.82 Å². The van der Waals surface area contributed by atoms with Crippen LogP contribution in [0.2, 0.25) is 0 Å². The Labute approximate surface area is 93.8 Å². The van der Waals surface area contributed by atoms with Crippen molar-refractivity contribution in [2.24, 2.45) is 10.9 Å². The molecule has 1 aliphatic rings. The number of nitrogens with zero attached hydrogens (tertiary/aromatic N) is 4. The number of hydrogen-bond acceptors (Lipinski definition) is 5. The molecule has 2 rings (SSSR count). The van der Waals surface area contributed by atoms with Crippen molar-refractivity contribution in [1.29, 1.82) is 0 Å². The fourth-order valence-corrected chi connectivity index (χ4v) is 2.04. The summed E-state index contributed by atoms with van der Waals surface area (Å²) < 4.78 is 0. The molecule has 1 atom stereocenters. The number of anilines is 1. The van der Waals surface area contributed by atoms with Gasteiger partial charge in [-0.25, -0.2) is 0 Å². The van der Waals surface area contributed by atoms with Crippen molar-refractivity contribution in [1.82, 2.24) is 10.2 Å². The van der Waals surface area contributed by atoms with Gasteiger partial charge in [0.2, 0.25) is 0 Å². The van der Waals surface area contributed by atoms with Crippen LogP contribution in [0.5, 0.6) is 0 Å². The fraction of sp³-hybridized carbons (Fsp3) is 0.500. The van der Waals surface area contributed by atoms with E-state index >= 15 is 0 Å². The van der Waals surface area contributed by atoms with Gasteiger partial charge in [0.05, 0.1) is 11.8 Å². The monoisotopic (exact) mass is 221 g/mol. The maximum atomic E-state index is 8.72. The number of nitrogens with two attached hydrogens (primary N) is 1. The molecule has 16 heavy (non-hydrogen) atoms. The van der Waals surface area contributed by atoms with E-state index in [0.717, 1.165) is 19.4 Å². The standard InChI is InChI=1S/C10H15N5O/c1-7-3-2-6-15(7)10-8(9(11)14-16)4-5-12-13-10/h4-5,7,16H,2-3,6H2,1H3,(H2,11,14). The van der Waals surface area contributed by atoms with E-state index in [2.05, 4.69) is 27.2 Å². The van der Waals surface area contributed by atoms with Crippen molar-refractivity contribution in [3.63, 3.8) is 0 Å². The molecule has 0 aromatic carbocycles. The molecule has 0 aliphatic carbocycles.